The average Bonchev–Trinajstić information content (AvgIpc) is 3.26. The van der Waals surface area contributed by atoms with Crippen LogP contribution in [0.25, 0.3) is 10.6 Å². The van der Waals surface area contributed by atoms with Crippen LogP contribution in [0.15, 0.2) is 40.2 Å². The predicted octanol–water partition coefficient (Wildman–Crippen LogP) is 2.78. The number of thiazole rings is 1. The monoisotopic (exact) mass is 377 g/mol. The van der Waals surface area contributed by atoms with Crippen molar-refractivity contribution in [2.45, 2.75) is 12.5 Å². The van der Waals surface area contributed by atoms with Gasteiger partial charge in [-0.05, 0) is 7.05 Å². The second-order valence-corrected chi connectivity index (χ2v) is 6.79. The molecule has 8 heteroatoms. The van der Waals surface area contributed by atoms with Crippen LogP contribution in [0.4, 0.5) is 0 Å². The van der Waals surface area contributed by atoms with Crippen LogP contribution >= 0.6 is 23.7 Å². The number of hydrogen-bond donors (Lipinski definition) is 1. The quantitative estimate of drug-likeness (QED) is 0.754. The van der Waals surface area contributed by atoms with Gasteiger partial charge in [-0.3, -0.25) is 4.90 Å². The summed E-state index contributed by atoms with van der Waals surface area (Å²) in [7, 11) is 2.09. The number of nitrogens with zero attached hydrogens (tertiary/aromatic N) is 4. The third kappa shape index (κ3) is 4.07. The molecule has 1 aliphatic rings. The van der Waals surface area contributed by atoms with Gasteiger partial charge in [0.2, 0.25) is 5.89 Å². The number of benzene rings is 1. The summed E-state index contributed by atoms with van der Waals surface area (Å²) in [5.74, 6) is 1.37. The molecule has 0 saturated carbocycles. The van der Waals surface area contributed by atoms with Crippen molar-refractivity contribution in [3.05, 3.63) is 53.1 Å². The maximum Gasteiger partial charge on any atom is 0.232 e. The van der Waals surface area contributed by atoms with Gasteiger partial charge in [-0.1, -0.05) is 35.5 Å². The lowest BCUT2D eigenvalue weighted by atomic mass is 10.2. The number of hydrogen-bond acceptors (Lipinski definition) is 7. The Balaban J connectivity index is 0.00000182. The van der Waals surface area contributed by atoms with Gasteiger partial charge in [-0.2, -0.15) is 4.98 Å². The lowest BCUT2D eigenvalue weighted by Crippen LogP contribution is -2.44. The van der Waals surface area contributed by atoms with Crippen molar-refractivity contribution in [3.63, 3.8) is 0 Å². The molecule has 3 heterocycles. The largest absolute Gasteiger partial charge is 0.339 e. The van der Waals surface area contributed by atoms with Crippen molar-refractivity contribution < 1.29 is 4.52 Å². The number of nitrogens with one attached hydrogen (secondary N) is 1. The van der Waals surface area contributed by atoms with E-state index < -0.39 is 0 Å². The summed E-state index contributed by atoms with van der Waals surface area (Å²) in [6.45, 7) is 2.84. The van der Waals surface area contributed by atoms with Gasteiger partial charge < -0.3 is 9.84 Å². The van der Waals surface area contributed by atoms with Crippen LogP contribution in [-0.2, 0) is 6.42 Å². The van der Waals surface area contributed by atoms with Gasteiger partial charge >= 0.3 is 0 Å². The van der Waals surface area contributed by atoms with E-state index in [-0.39, 0.29) is 18.4 Å². The molecule has 132 valence electrons. The van der Waals surface area contributed by atoms with Crippen molar-refractivity contribution in [2.24, 2.45) is 0 Å². The summed E-state index contributed by atoms with van der Waals surface area (Å²) >= 11 is 1.64. The molecule has 1 fully saturated rings. The van der Waals surface area contributed by atoms with Gasteiger partial charge in [0.15, 0.2) is 5.82 Å². The van der Waals surface area contributed by atoms with Gasteiger partial charge in [0.1, 0.15) is 5.01 Å². The van der Waals surface area contributed by atoms with E-state index in [1.807, 2.05) is 18.2 Å². The first kappa shape index (κ1) is 18.0. The van der Waals surface area contributed by atoms with E-state index in [2.05, 4.69) is 49.9 Å². The highest BCUT2D eigenvalue weighted by Gasteiger charge is 2.25. The highest BCUT2D eigenvalue weighted by molar-refractivity contribution is 7.13. The highest BCUT2D eigenvalue weighted by atomic mass is 35.5. The maximum absolute atomic E-state index is 5.43. The molecule has 1 unspecified atom stereocenters. The minimum atomic E-state index is 0. The van der Waals surface area contributed by atoms with E-state index >= 15 is 0 Å². The lowest BCUT2D eigenvalue weighted by molar-refractivity contribution is 0.190. The van der Waals surface area contributed by atoms with Crippen LogP contribution in [0.3, 0.4) is 0 Å². The molecule has 1 aromatic carbocycles. The summed E-state index contributed by atoms with van der Waals surface area (Å²) < 4.78 is 5.43. The SMILES string of the molecule is CN1CCNCC1c1noc(Cc2csc(-c3ccccc3)n2)n1.Cl. The molecule has 1 saturated heterocycles. The Labute approximate surface area is 156 Å². The molecule has 1 atom stereocenters. The Morgan fingerprint density at radius 3 is 2.92 bits per heavy atom. The second-order valence-electron chi connectivity index (χ2n) is 5.93. The fourth-order valence-electron chi connectivity index (χ4n) is 2.83. The Kier molecular flexibility index (Phi) is 5.80. The van der Waals surface area contributed by atoms with E-state index in [1.54, 1.807) is 11.3 Å². The van der Waals surface area contributed by atoms with Gasteiger partial charge in [-0.15, -0.1) is 23.7 Å². The first-order chi connectivity index (χ1) is 11.8. The van der Waals surface area contributed by atoms with Gasteiger partial charge in [0, 0.05) is 30.6 Å². The summed E-state index contributed by atoms with van der Waals surface area (Å²) in [6.07, 6.45) is 0.570. The lowest BCUT2D eigenvalue weighted by Gasteiger charge is -2.30. The van der Waals surface area contributed by atoms with Crippen LogP contribution in [0.2, 0.25) is 0 Å². The molecule has 0 spiro atoms. The van der Waals surface area contributed by atoms with Crippen LogP contribution in [0.1, 0.15) is 23.5 Å². The number of halogens is 1. The van der Waals surface area contributed by atoms with Crippen molar-refractivity contribution >= 4 is 23.7 Å². The van der Waals surface area contributed by atoms with E-state index in [0.29, 0.717) is 12.3 Å². The molecule has 0 aliphatic carbocycles. The maximum atomic E-state index is 5.43. The molecule has 3 aromatic rings. The molecule has 4 rings (SSSR count). The molecule has 1 N–H and O–H groups in total. The first-order valence-corrected chi connectivity index (χ1v) is 8.91. The molecule has 0 bridgehead atoms. The van der Waals surface area contributed by atoms with Gasteiger partial charge in [0.25, 0.3) is 0 Å². The van der Waals surface area contributed by atoms with E-state index in [1.165, 1.54) is 0 Å². The zero-order valence-electron chi connectivity index (χ0n) is 13.9. The third-order valence-electron chi connectivity index (χ3n) is 4.20. The van der Waals surface area contributed by atoms with Crippen molar-refractivity contribution in [3.8, 4) is 10.6 Å². The zero-order valence-corrected chi connectivity index (χ0v) is 15.5. The van der Waals surface area contributed by atoms with E-state index in [0.717, 1.165) is 41.7 Å². The summed E-state index contributed by atoms with van der Waals surface area (Å²) in [5.41, 5.74) is 2.10. The summed E-state index contributed by atoms with van der Waals surface area (Å²) in [5, 5.41) is 10.6. The highest BCUT2D eigenvalue weighted by Crippen LogP contribution is 2.24. The molecular weight excluding hydrogens is 358 g/mol. The standard InChI is InChI=1S/C17H19N5OS.ClH/c1-22-8-7-18-10-14(22)16-20-15(23-21-16)9-13-11-24-17(19-13)12-5-3-2-4-6-12;/h2-6,11,14,18H,7-10H2,1H3;1H. The molecule has 0 amide bonds. The molecule has 6 nitrogen and oxygen atoms in total. The molecule has 2 aromatic heterocycles. The number of piperazine rings is 1. The van der Waals surface area contributed by atoms with Crippen molar-refractivity contribution in [2.75, 3.05) is 26.7 Å². The fraction of sp³-hybridized carbons (Fsp3) is 0.353. The Hall–Kier alpha value is -1.80. The number of likely N-dealkylation sites (N-methyl/N-ethyl adjacent to an activating group) is 1. The van der Waals surface area contributed by atoms with Crippen LogP contribution in [0.5, 0.6) is 0 Å². The smallest absolute Gasteiger partial charge is 0.232 e. The average molecular weight is 378 g/mol. The van der Waals surface area contributed by atoms with Gasteiger partial charge in [-0.25, -0.2) is 4.98 Å². The Morgan fingerprint density at radius 1 is 1.28 bits per heavy atom. The van der Waals surface area contributed by atoms with Crippen molar-refractivity contribution in [1.29, 1.82) is 0 Å². The fourth-order valence-corrected chi connectivity index (χ4v) is 3.65. The van der Waals surface area contributed by atoms with Crippen LogP contribution < -0.4 is 5.32 Å². The normalized spacial score (nSPS) is 18.0. The minimum Gasteiger partial charge on any atom is -0.339 e. The van der Waals surface area contributed by atoms with E-state index in [9.17, 15) is 0 Å². The van der Waals surface area contributed by atoms with Crippen LogP contribution in [0, 0.1) is 0 Å². The molecule has 25 heavy (non-hydrogen) atoms. The summed E-state index contributed by atoms with van der Waals surface area (Å²) in [6, 6.07) is 10.4. The first-order valence-electron chi connectivity index (χ1n) is 8.03. The molecule has 1 aliphatic heterocycles. The third-order valence-corrected chi connectivity index (χ3v) is 5.14. The molecule has 0 radical (unpaired) electrons. The molecular formula is C17H20ClN5OS. The topological polar surface area (TPSA) is 67.1 Å². The minimum absolute atomic E-state index is 0. The predicted molar refractivity (Wildman–Crippen MR) is 100 cm³/mol. The number of rotatable bonds is 4. The second kappa shape index (κ2) is 8.05. The van der Waals surface area contributed by atoms with Gasteiger partial charge in [0.05, 0.1) is 18.2 Å². The van der Waals surface area contributed by atoms with E-state index in [4.69, 9.17) is 4.52 Å². The summed E-state index contributed by atoms with van der Waals surface area (Å²) in [4.78, 5) is 11.5. The zero-order chi connectivity index (χ0) is 16.4. The Bertz CT molecular complexity index is 806. The van der Waals surface area contributed by atoms with Crippen LogP contribution in [-0.4, -0.2) is 46.7 Å². The Morgan fingerprint density at radius 2 is 2.12 bits per heavy atom. The number of aromatic nitrogens is 3. The van der Waals surface area contributed by atoms with Crippen molar-refractivity contribution in [1.82, 2.24) is 25.3 Å².